The van der Waals surface area contributed by atoms with E-state index in [-0.39, 0.29) is 5.56 Å². The van der Waals surface area contributed by atoms with Crippen molar-refractivity contribution in [2.75, 3.05) is 33.9 Å². The van der Waals surface area contributed by atoms with Crippen molar-refractivity contribution in [3.63, 3.8) is 0 Å². The van der Waals surface area contributed by atoms with E-state index in [0.717, 1.165) is 42.6 Å². The predicted octanol–water partition coefficient (Wildman–Crippen LogP) is 4.08. The molecule has 1 aliphatic rings. The average Bonchev–Trinajstić information content (AvgIpc) is 2.98. The summed E-state index contributed by atoms with van der Waals surface area (Å²) in [5.74, 6) is 1.73. The van der Waals surface area contributed by atoms with Crippen LogP contribution in [-0.2, 0) is 11.4 Å². The third kappa shape index (κ3) is 6.37. The molecule has 198 valence electrons. The van der Waals surface area contributed by atoms with Gasteiger partial charge in [0, 0.05) is 36.0 Å². The number of likely N-dealkylation sites (tertiary alicyclic amines) is 1. The zero-order chi connectivity index (χ0) is 27.2. The fourth-order valence-electron chi connectivity index (χ4n) is 4.72. The average molecular weight is 524 g/mol. The minimum Gasteiger partial charge on any atom is -0.490 e. The number of ether oxygens (including phenoxy) is 1. The highest BCUT2D eigenvalue weighted by Crippen LogP contribution is 2.24. The molecule has 4 aromatic rings. The first-order chi connectivity index (χ1) is 18.9. The molecule has 0 unspecified atom stereocenters. The molecule has 0 amide bonds. The van der Waals surface area contributed by atoms with E-state index in [1.807, 2.05) is 30.3 Å². The SMILES string of the molecule is CO[N+]1(C)CCC(COc2cnc(-c3cccc(Cn4nc(-c5cccc(C#N)c5)ccc4=O)c3)nc2)CC1. The van der Waals surface area contributed by atoms with E-state index in [9.17, 15) is 10.1 Å². The van der Waals surface area contributed by atoms with E-state index >= 15 is 0 Å². The highest BCUT2D eigenvalue weighted by Gasteiger charge is 2.31. The fraction of sp³-hybridized carbons (Fsp3) is 0.300. The monoisotopic (exact) mass is 523 g/mol. The smallest absolute Gasteiger partial charge is 0.267 e. The first-order valence-corrected chi connectivity index (χ1v) is 13.0. The molecule has 5 rings (SSSR count). The number of hydrogen-bond donors (Lipinski definition) is 0. The molecule has 1 fully saturated rings. The maximum absolute atomic E-state index is 12.5. The van der Waals surface area contributed by atoms with E-state index in [4.69, 9.17) is 9.57 Å². The summed E-state index contributed by atoms with van der Waals surface area (Å²) in [7, 11) is 3.87. The van der Waals surface area contributed by atoms with Crippen LogP contribution < -0.4 is 10.3 Å². The Kier molecular flexibility index (Phi) is 7.77. The maximum Gasteiger partial charge on any atom is 0.267 e. The Balaban J connectivity index is 1.25. The van der Waals surface area contributed by atoms with E-state index in [0.29, 0.717) is 46.5 Å². The van der Waals surface area contributed by atoms with Crippen LogP contribution in [0.4, 0.5) is 0 Å². The molecule has 0 atom stereocenters. The second-order valence-corrected chi connectivity index (χ2v) is 10.0. The summed E-state index contributed by atoms with van der Waals surface area (Å²) in [5.41, 5.74) is 3.48. The quantitative estimate of drug-likeness (QED) is 0.321. The summed E-state index contributed by atoms with van der Waals surface area (Å²) in [5, 5.41) is 13.7. The fourth-order valence-corrected chi connectivity index (χ4v) is 4.72. The molecule has 0 N–H and O–H groups in total. The van der Waals surface area contributed by atoms with Crippen molar-refractivity contribution in [1.29, 1.82) is 5.26 Å². The Morgan fingerprint density at radius 3 is 2.51 bits per heavy atom. The van der Waals surface area contributed by atoms with Gasteiger partial charge in [0.2, 0.25) is 0 Å². The molecule has 0 radical (unpaired) electrons. The lowest BCUT2D eigenvalue weighted by atomic mass is 9.98. The van der Waals surface area contributed by atoms with Crippen LogP contribution >= 0.6 is 0 Å². The van der Waals surface area contributed by atoms with Gasteiger partial charge in [0.25, 0.3) is 5.56 Å². The van der Waals surface area contributed by atoms with Crippen molar-refractivity contribution >= 4 is 0 Å². The maximum atomic E-state index is 12.5. The Morgan fingerprint density at radius 2 is 1.77 bits per heavy atom. The van der Waals surface area contributed by atoms with Crippen molar-refractivity contribution < 1.29 is 14.2 Å². The van der Waals surface area contributed by atoms with Gasteiger partial charge in [0.15, 0.2) is 11.6 Å². The van der Waals surface area contributed by atoms with Gasteiger partial charge >= 0.3 is 0 Å². The van der Waals surface area contributed by atoms with Crippen molar-refractivity contribution in [1.82, 2.24) is 19.7 Å². The molecule has 9 nitrogen and oxygen atoms in total. The molecule has 1 saturated heterocycles. The lowest BCUT2D eigenvalue weighted by Gasteiger charge is -2.36. The Morgan fingerprint density at radius 1 is 1.03 bits per heavy atom. The Hall–Kier alpha value is -4.39. The lowest BCUT2D eigenvalue weighted by Crippen LogP contribution is -2.49. The van der Waals surface area contributed by atoms with Crippen molar-refractivity contribution in [2.45, 2.75) is 19.4 Å². The van der Waals surface area contributed by atoms with Crippen LogP contribution in [0.5, 0.6) is 5.75 Å². The summed E-state index contributed by atoms with van der Waals surface area (Å²) in [6.07, 6.45) is 5.53. The third-order valence-corrected chi connectivity index (χ3v) is 7.25. The summed E-state index contributed by atoms with van der Waals surface area (Å²) in [6.45, 7) is 2.90. The van der Waals surface area contributed by atoms with E-state index in [1.165, 1.54) is 10.7 Å². The van der Waals surface area contributed by atoms with Gasteiger partial charge in [-0.25, -0.2) is 19.5 Å². The first kappa shape index (κ1) is 26.2. The van der Waals surface area contributed by atoms with Crippen molar-refractivity contribution in [3.8, 4) is 34.5 Å². The number of quaternary nitrogens is 1. The van der Waals surface area contributed by atoms with Gasteiger partial charge in [-0.2, -0.15) is 15.0 Å². The first-order valence-electron chi connectivity index (χ1n) is 13.0. The molecular formula is C30H31N6O3+. The number of hydrogen-bond acceptors (Lipinski definition) is 7. The molecule has 2 aromatic heterocycles. The Labute approximate surface area is 227 Å². The third-order valence-electron chi connectivity index (χ3n) is 7.25. The topological polar surface area (TPSA) is 103 Å². The van der Waals surface area contributed by atoms with Gasteiger partial charge in [-0.1, -0.05) is 30.3 Å². The van der Waals surface area contributed by atoms with Gasteiger partial charge < -0.3 is 4.74 Å². The molecule has 9 heteroatoms. The zero-order valence-electron chi connectivity index (χ0n) is 22.2. The van der Waals surface area contributed by atoms with Gasteiger partial charge in [-0.15, -0.1) is 0 Å². The number of nitriles is 1. The minimum atomic E-state index is -0.206. The predicted molar refractivity (Wildman–Crippen MR) is 146 cm³/mol. The van der Waals surface area contributed by atoms with Gasteiger partial charge in [-0.05, 0) is 29.8 Å². The van der Waals surface area contributed by atoms with Crippen LogP contribution in [-0.4, -0.2) is 58.2 Å². The second kappa shape index (κ2) is 11.6. The molecule has 0 saturated carbocycles. The Bertz CT molecular complexity index is 1540. The molecule has 3 heterocycles. The summed E-state index contributed by atoms with van der Waals surface area (Å²) in [6, 6.07) is 20.2. The molecule has 0 spiro atoms. The van der Waals surface area contributed by atoms with Gasteiger partial charge in [0.1, 0.15) is 13.1 Å². The highest BCUT2D eigenvalue weighted by molar-refractivity contribution is 5.60. The number of piperidine rings is 1. The van der Waals surface area contributed by atoms with Crippen LogP contribution in [0.25, 0.3) is 22.6 Å². The molecular weight excluding hydrogens is 492 g/mol. The molecule has 39 heavy (non-hydrogen) atoms. The van der Waals surface area contributed by atoms with E-state index < -0.39 is 0 Å². The van der Waals surface area contributed by atoms with Crippen LogP contribution in [0, 0.1) is 17.2 Å². The van der Waals surface area contributed by atoms with Crippen LogP contribution in [0.15, 0.2) is 77.9 Å². The normalized spacial score (nSPS) is 18.8. The summed E-state index contributed by atoms with van der Waals surface area (Å²) in [4.78, 5) is 27.1. The van der Waals surface area contributed by atoms with E-state index in [1.54, 1.807) is 43.8 Å². The van der Waals surface area contributed by atoms with Crippen molar-refractivity contribution in [2.24, 2.45) is 5.92 Å². The molecule has 0 bridgehead atoms. The summed E-state index contributed by atoms with van der Waals surface area (Å²) >= 11 is 0. The molecule has 2 aromatic carbocycles. The van der Waals surface area contributed by atoms with Crippen LogP contribution in [0.3, 0.4) is 0 Å². The number of rotatable bonds is 8. The van der Waals surface area contributed by atoms with Crippen LogP contribution in [0.2, 0.25) is 0 Å². The number of benzene rings is 2. The van der Waals surface area contributed by atoms with Gasteiger partial charge in [0.05, 0.1) is 57.0 Å². The molecule has 0 aliphatic carbocycles. The van der Waals surface area contributed by atoms with Crippen LogP contribution in [0.1, 0.15) is 24.0 Å². The largest absolute Gasteiger partial charge is 0.490 e. The zero-order valence-corrected chi connectivity index (χ0v) is 22.2. The summed E-state index contributed by atoms with van der Waals surface area (Å²) < 4.78 is 8.05. The highest BCUT2D eigenvalue weighted by atomic mass is 16.7. The second-order valence-electron chi connectivity index (χ2n) is 10.0. The molecule has 1 aliphatic heterocycles. The number of hydroxylamine groups is 3. The minimum absolute atomic E-state index is 0.206. The standard InChI is InChI=1S/C30H31N6O3/c1-36(38-2)13-11-22(12-14-36)21-39-27-18-32-30(33-19-27)26-8-4-6-24(16-26)20-35-29(37)10-9-28(34-35)25-7-3-5-23(15-25)17-31/h3-10,15-16,18-19,22H,11-14,20-21H2,1-2H3/q+1. The number of aromatic nitrogens is 4. The van der Waals surface area contributed by atoms with Crippen molar-refractivity contribution in [3.05, 3.63) is 94.5 Å². The number of nitrogens with zero attached hydrogens (tertiary/aromatic N) is 6. The lowest BCUT2D eigenvalue weighted by molar-refractivity contribution is -1.09. The van der Waals surface area contributed by atoms with E-state index in [2.05, 4.69) is 28.2 Å². The van der Waals surface area contributed by atoms with Gasteiger partial charge in [-0.3, -0.25) is 4.79 Å².